The summed E-state index contributed by atoms with van der Waals surface area (Å²) in [5.74, 6) is -17.9. The number of hydrogen-bond acceptors (Lipinski definition) is 3. The van der Waals surface area contributed by atoms with Crippen molar-refractivity contribution >= 4 is 7.32 Å². The van der Waals surface area contributed by atoms with E-state index in [0.29, 0.717) is 36.8 Å². The third kappa shape index (κ3) is 9.27. The van der Waals surface area contributed by atoms with Crippen molar-refractivity contribution in [2.45, 2.75) is 51.5 Å². The maximum atomic E-state index is 15.9. The number of unbranched alkanes of at least 4 members (excludes halogenated alkanes) is 4. The lowest BCUT2D eigenvalue weighted by atomic mass is 9.94. The minimum Gasteiger partial charge on any atom is -0.489 e. The molecule has 0 amide bonds. The van der Waals surface area contributed by atoms with E-state index in [2.05, 4.69) is 13.2 Å². The first kappa shape index (κ1) is 37.4. The van der Waals surface area contributed by atoms with Crippen LogP contribution in [0.15, 0.2) is 55.6 Å². The van der Waals surface area contributed by atoms with Crippen LogP contribution in [0.3, 0.4) is 0 Å². The zero-order valence-corrected chi connectivity index (χ0v) is 25.8. The minimum atomic E-state index is -2.37. The van der Waals surface area contributed by atoms with Crippen LogP contribution in [0.4, 0.5) is 39.5 Å². The van der Waals surface area contributed by atoms with Crippen LogP contribution in [0, 0.1) is 52.4 Å². The molecule has 0 saturated carbocycles. The summed E-state index contributed by atoms with van der Waals surface area (Å²) in [5.41, 5.74) is -0.476. The molecule has 0 aliphatic carbocycles. The molecule has 0 N–H and O–H groups in total. The van der Waals surface area contributed by atoms with Crippen LogP contribution in [0.1, 0.15) is 57.1 Å². The normalized spacial score (nSPS) is 12.1. The molecule has 3 aromatic carbocycles. The summed E-state index contributed by atoms with van der Waals surface area (Å²) in [6.45, 7) is 9.96. The summed E-state index contributed by atoms with van der Waals surface area (Å²) >= 11 is 0. The first-order valence-corrected chi connectivity index (χ1v) is 14.8. The number of likely N-dealkylation sites (N-methyl/N-ethyl adjacent to an activating group) is 1. The van der Waals surface area contributed by atoms with Gasteiger partial charge in [-0.05, 0) is 18.6 Å². The van der Waals surface area contributed by atoms with Crippen molar-refractivity contribution in [1.29, 1.82) is 0 Å². The average Bonchev–Trinajstić information content (AvgIpc) is 3.00. The highest BCUT2D eigenvalue weighted by Crippen LogP contribution is 2.41. The van der Waals surface area contributed by atoms with E-state index < -0.39 is 88.5 Å². The molecule has 0 bridgehead atoms. The van der Waals surface area contributed by atoms with E-state index in [1.807, 2.05) is 6.92 Å². The predicted molar refractivity (Wildman–Crippen MR) is 159 cm³/mol. The molecule has 0 fully saturated rings. The summed E-state index contributed by atoms with van der Waals surface area (Å²) in [7, 11) is -0.655. The van der Waals surface area contributed by atoms with Gasteiger partial charge in [0, 0.05) is 36.8 Å². The fraction of sp³-hybridized carbons (Fsp3) is 0.333. The fourth-order valence-electron chi connectivity index (χ4n) is 5.22. The molecule has 14 heteroatoms. The second kappa shape index (κ2) is 16.7. The third-order valence-electron chi connectivity index (χ3n) is 7.52. The Bertz CT molecular complexity index is 1460. The molecule has 0 aliphatic heterocycles. The van der Waals surface area contributed by atoms with E-state index in [-0.39, 0.29) is 24.0 Å². The number of hydrogen-bond donors (Lipinski definition) is 0. The van der Waals surface area contributed by atoms with E-state index >= 15 is 4.39 Å². The average molecular weight is 674 g/mol. The number of halogens is 9. The van der Waals surface area contributed by atoms with E-state index in [1.165, 1.54) is 0 Å². The van der Waals surface area contributed by atoms with Gasteiger partial charge in [0.1, 0.15) is 23.3 Å². The minimum absolute atomic E-state index is 0.0335. The van der Waals surface area contributed by atoms with Crippen molar-refractivity contribution in [3.63, 3.8) is 0 Å². The summed E-state index contributed by atoms with van der Waals surface area (Å²) < 4.78 is 145. The lowest BCUT2D eigenvalue weighted by Gasteiger charge is -2.41. The Hall–Kier alpha value is -4.07. The Labute approximate surface area is 267 Å². The van der Waals surface area contributed by atoms with Gasteiger partial charge in [0.05, 0.1) is 25.7 Å². The monoisotopic (exact) mass is 674 g/mol. The molecule has 0 heterocycles. The molecule has 0 radical (unpaired) electrons. The predicted octanol–water partition coefficient (Wildman–Crippen LogP) is 9.68. The molecular formula is C33H34BF9NO3+. The number of benzene rings is 3. The molecule has 254 valence electrons. The summed E-state index contributed by atoms with van der Waals surface area (Å²) in [4.78, 5) is 0. The highest BCUT2D eigenvalue weighted by Gasteiger charge is 2.41. The van der Waals surface area contributed by atoms with Crippen molar-refractivity contribution in [3.8, 4) is 17.2 Å². The van der Waals surface area contributed by atoms with Crippen LogP contribution in [-0.4, -0.2) is 31.9 Å². The van der Waals surface area contributed by atoms with Gasteiger partial charge < -0.3 is 18.4 Å². The van der Waals surface area contributed by atoms with Gasteiger partial charge in [-0.1, -0.05) is 45.8 Å². The maximum absolute atomic E-state index is 15.9. The van der Waals surface area contributed by atoms with Crippen molar-refractivity contribution in [3.05, 3.63) is 114 Å². The van der Waals surface area contributed by atoms with Crippen LogP contribution >= 0.6 is 0 Å². The van der Waals surface area contributed by atoms with Crippen LogP contribution in [0.25, 0.3) is 0 Å². The van der Waals surface area contributed by atoms with Crippen molar-refractivity contribution in [1.82, 2.24) is 0 Å². The topological polar surface area (TPSA) is 27.7 Å². The maximum Gasteiger partial charge on any atom is 0.864 e. The zero-order valence-electron chi connectivity index (χ0n) is 25.8. The lowest BCUT2D eigenvalue weighted by Crippen LogP contribution is -2.48. The Balaban J connectivity index is 2.19. The standard InChI is InChI=1S/C33H34BF9NO3/c1-5-8-9-10-11-12-27(44(4,13-6-2)14-7-3)29-28(19-26(39)32(42)33(29)43)47-34(45-20-15-22(35)30(40)23(36)16-20)46-21-17-24(37)31(41)25(38)18-21/h6-7,15-19,27H,2-3,5,8-14H2,1,4H3/q+1. The molecule has 3 rings (SSSR count). The Kier molecular flexibility index (Phi) is 13.3. The van der Waals surface area contributed by atoms with Gasteiger partial charge in [-0.15, -0.1) is 0 Å². The zero-order chi connectivity index (χ0) is 34.9. The van der Waals surface area contributed by atoms with E-state index in [1.54, 1.807) is 19.2 Å². The summed E-state index contributed by atoms with van der Waals surface area (Å²) in [5, 5.41) is 0. The van der Waals surface area contributed by atoms with E-state index in [4.69, 9.17) is 14.0 Å². The first-order chi connectivity index (χ1) is 22.3. The van der Waals surface area contributed by atoms with Crippen molar-refractivity contribution < 1.29 is 58.0 Å². The highest BCUT2D eigenvalue weighted by atomic mass is 19.2. The van der Waals surface area contributed by atoms with Gasteiger partial charge in [0.15, 0.2) is 52.4 Å². The van der Waals surface area contributed by atoms with Gasteiger partial charge in [0.2, 0.25) is 0 Å². The Morgan fingerprint density at radius 3 is 1.53 bits per heavy atom. The van der Waals surface area contributed by atoms with E-state index in [0.717, 1.165) is 25.7 Å². The molecule has 4 nitrogen and oxygen atoms in total. The SMILES string of the molecule is C=CC[N+](C)(CC=C)C(CCCCCCC)c1c(OB(Oc2cc(F)c(F)c(F)c2)Oc2cc(F)c(F)c(F)c2)cc(F)c(F)c1F. The lowest BCUT2D eigenvalue weighted by molar-refractivity contribution is -0.929. The van der Waals surface area contributed by atoms with Gasteiger partial charge in [0.25, 0.3) is 0 Å². The van der Waals surface area contributed by atoms with Crippen LogP contribution in [-0.2, 0) is 0 Å². The molecule has 1 atom stereocenters. The third-order valence-corrected chi connectivity index (χ3v) is 7.52. The summed E-state index contributed by atoms with van der Waals surface area (Å²) in [6.07, 6.45) is 7.34. The van der Waals surface area contributed by atoms with Crippen LogP contribution in [0.5, 0.6) is 17.2 Å². The van der Waals surface area contributed by atoms with Crippen molar-refractivity contribution in [2.75, 3.05) is 20.1 Å². The largest absolute Gasteiger partial charge is 0.864 e. The summed E-state index contributed by atoms with van der Waals surface area (Å²) in [6, 6.07) is 1.03. The van der Waals surface area contributed by atoms with Crippen molar-refractivity contribution in [2.24, 2.45) is 0 Å². The molecule has 1 unspecified atom stereocenters. The quantitative estimate of drug-likeness (QED) is 0.0336. The molecule has 0 spiro atoms. The van der Waals surface area contributed by atoms with Gasteiger partial charge in [-0.25, -0.2) is 39.5 Å². The van der Waals surface area contributed by atoms with Gasteiger partial charge in [-0.3, -0.25) is 0 Å². The Morgan fingerprint density at radius 1 is 0.638 bits per heavy atom. The fourth-order valence-corrected chi connectivity index (χ4v) is 5.22. The first-order valence-electron chi connectivity index (χ1n) is 14.8. The number of quaternary nitrogens is 1. The molecule has 0 aliphatic rings. The van der Waals surface area contributed by atoms with Crippen LogP contribution in [0.2, 0.25) is 0 Å². The Morgan fingerprint density at radius 2 is 1.09 bits per heavy atom. The smallest absolute Gasteiger partial charge is 0.489 e. The number of rotatable bonds is 18. The molecule has 0 aromatic heterocycles. The number of nitrogens with zero attached hydrogens (tertiary/aromatic N) is 1. The molecule has 47 heavy (non-hydrogen) atoms. The molecule has 3 aromatic rings. The highest BCUT2D eigenvalue weighted by molar-refractivity contribution is 6.39. The van der Waals surface area contributed by atoms with Gasteiger partial charge >= 0.3 is 7.32 Å². The second-order valence-electron chi connectivity index (χ2n) is 11.1. The second-order valence-corrected chi connectivity index (χ2v) is 11.1. The van der Waals surface area contributed by atoms with Crippen LogP contribution < -0.4 is 14.0 Å². The molecular weight excluding hydrogens is 640 g/mol. The van der Waals surface area contributed by atoms with E-state index in [9.17, 15) is 35.1 Å². The van der Waals surface area contributed by atoms with Gasteiger partial charge in [-0.2, -0.15) is 0 Å². The molecule has 0 saturated heterocycles.